The maximum atomic E-state index is 14.0. The van der Waals surface area contributed by atoms with Crippen LogP contribution in [0.15, 0.2) is 48.7 Å². The van der Waals surface area contributed by atoms with E-state index in [1.807, 2.05) is 58.9 Å². The molecule has 2 atom stereocenters. The van der Waals surface area contributed by atoms with Crippen LogP contribution in [0.1, 0.15) is 69.4 Å². The largest absolute Gasteiger partial charge is 0.340 e. The summed E-state index contributed by atoms with van der Waals surface area (Å²) in [7, 11) is 2.02. The Morgan fingerprint density at radius 1 is 1.05 bits per heavy atom. The molecule has 192 valence electrons. The number of benzene rings is 2. The second kappa shape index (κ2) is 9.78. The van der Waals surface area contributed by atoms with Crippen LogP contribution in [0.2, 0.25) is 0 Å². The number of hydrogen-bond donors (Lipinski definition) is 1. The molecule has 3 aliphatic rings. The van der Waals surface area contributed by atoms with Crippen LogP contribution in [0.4, 0.5) is 5.69 Å². The van der Waals surface area contributed by atoms with E-state index in [0.717, 1.165) is 61.4 Å². The van der Waals surface area contributed by atoms with Crippen LogP contribution >= 0.6 is 0 Å². The van der Waals surface area contributed by atoms with Crippen molar-refractivity contribution in [1.29, 1.82) is 0 Å². The van der Waals surface area contributed by atoms with Gasteiger partial charge in [-0.2, -0.15) is 5.10 Å². The van der Waals surface area contributed by atoms with Crippen LogP contribution in [0, 0.1) is 6.92 Å². The third kappa shape index (κ3) is 4.35. The van der Waals surface area contributed by atoms with Crippen LogP contribution < -0.4 is 10.2 Å². The van der Waals surface area contributed by atoms with E-state index in [0.29, 0.717) is 36.8 Å². The van der Waals surface area contributed by atoms with Gasteiger partial charge in [-0.05, 0) is 67.0 Å². The van der Waals surface area contributed by atoms with Crippen LogP contribution in [0.25, 0.3) is 0 Å². The van der Waals surface area contributed by atoms with Gasteiger partial charge >= 0.3 is 0 Å². The second-order valence-corrected chi connectivity index (χ2v) is 10.7. The van der Waals surface area contributed by atoms with Gasteiger partial charge in [0.25, 0.3) is 5.91 Å². The zero-order chi connectivity index (χ0) is 25.5. The lowest BCUT2D eigenvalue weighted by molar-refractivity contribution is -0.131. The van der Waals surface area contributed by atoms with Gasteiger partial charge in [0.1, 0.15) is 0 Å². The molecule has 2 fully saturated rings. The molecule has 0 unspecified atom stereocenters. The van der Waals surface area contributed by atoms with Crippen molar-refractivity contribution in [2.24, 2.45) is 7.05 Å². The van der Waals surface area contributed by atoms with Crippen LogP contribution in [-0.2, 0) is 24.8 Å². The van der Waals surface area contributed by atoms with Gasteiger partial charge in [0.05, 0.1) is 12.7 Å². The van der Waals surface area contributed by atoms with Crippen LogP contribution in [0.3, 0.4) is 0 Å². The third-order valence-corrected chi connectivity index (χ3v) is 8.56. The summed E-state index contributed by atoms with van der Waals surface area (Å²) in [6, 6.07) is 14.3. The Balaban J connectivity index is 1.26. The number of amides is 2. The van der Waals surface area contributed by atoms with Gasteiger partial charge in [0.15, 0.2) is 0 Å². The van der Waals surface area contributed by atoms with E-state index < -0.39 is 0 Å². The standard InChI is InChI=1S/C30H35N5O2/c1-20-17-22(8-7-21(20)9-12-28(36)34-15-13-31-14-16-34)30(37)35-19-23-18-32-33(2)29(23)26-11-10-24(26)25-5-3-4-6-27(25)35/h3-8,17-18,24,26,31H,9-16,19H2,1-2H3/t24-,26+/m1/s1. The molecule has 1 aliphatic carbocycles. The molecule has 7 nitrogen and oxygen atoms in total. The molecule has 0 spiro atoms. The van der Waals surface area contributed by atoms with Crippen molar-refractivity contribution >= 4 is 17.5 Å². The minimum atomic E-state index is 0.00608. The van der Waals surface area contributed by atoms with Crippen molar-refractivity contribution in [1.82, 2.24) is 20.0 Å². The van der Waals surface area contributed by atoms with Gasteiger partial charge in [0, 0.05) is 68.1 Å². The smallest absolute Gasteiger partial charge is 0.258 e. The minimum absolute atomic E-state index is 0.00608. The Morgan fingerprint density at radius 3 is 2.59 bits per heavy atom. The summed E-state index contributed by atoms with van der Waals surface area (Å²) >= 11 is 0. The molecule has 1 saturated heterocycles. The third-order valence-electron chi connectivity index (χ3n) is 8.56. The van der Waals surface area contributed by atoms with Gasteiger partial charge < -0.3 is 15.1 Å². The van der Waals surface area contributed by atoms with Crippen molar-refractivity contribution in [2.45, 2.75) is 51.0 Å². The summed E-state index contributed by atoms with van der Waals surface area (Å²) in [6.45, 7) is 5.85. The highest BCUT2D eigenvalue weighted by molar-refractivity contribution is 6.06. The molecular formula is C30H35N5O2. The van der Waals surface area contributed by atoms with Gasteiger partial charge in [-0.25, -0.2) is 0 Å². The number of nitrogens with one attached hydrogen (secondary N) is 1. The molecule has 2 amide bonds. The number of rotatable bonds is 4. The topological polar surface area (TPSA) is 70.5 Å². The van der Waals surface area contributed by atoms with Gasteiger partial charge in [0.2, 0.25) is 5.91 Å². The molecule has 1 saturated carbocycles. The van der Waals surface area contributed by atoms with Crippen molar-refractivity contribution in [3.05, 3.63) is 82.2 Å². The van der Waals surface area contributed by atoms with Gasteiger partial charge in [-0.1, -0.05) is 24.3 Å². The average Bonchev–Trinajstić information content (AvgIpc) is 3.24. The number of fused-ring (bicyclic) bond motifs is 5. The summed E-state index contributed by atoms with van der Waals surface area (Å²) in [6.07, 6.45) is 5.42. The lowest BCUT2D eigenvalue weighted by Crippen LogP contribution is -2.46. The van der Waals surface area contributed by atoms with Crippen molar-refractivity contribution < 1.29 is 9.59 Å². The molecule has 0 bridgehead atoms. The van der Waals surface area contributed by atoms with E-state index in [1.54, 1.807) is 0 Å². The Bertz CT molecular complexity index is 1340. The molecule has 37 heavy (non-hydrogen) atoms. The molecule has 1 N–H and O–H groups in total. The first kappa shape index (κ1) is 23.9. The van der Waals surface area contributed by atoms with E-state index in [1.165, 1.54) is 11.3 Å². The SMILES string of the molecule is Cc1cc(C(=O)N2Cc3cnn(C)c3[C@H]3CC[C@@H]3c3ccccc32)ccc1CCC(=O)N1CCNCC1. The number of aromatic nitrogens is 2. The first-order valence-corrected chi connectivity index (χ1v) is 13.5. The highest BCUT2D eigenvalue weighted by atomic mass is 16.2. The summed E-state index contributed by atoms with van der Waals surface area (Å²) in [5.74, 6) is 1.09. The summed E-state index contributed by atoms with van der Waals surface area (Å²) in [5.41, 5.74) is 7.55. The fraction of sp³-hybridized carbons (Fsp3) is 0.433. The van der Waals surface area contributed by atoms with Crippen molar-refractivity contribution in [2.75, 3.05) is 31.1 Å². The average molecular weight is 498 g/mol. The predicted octanol–water partition coefficient (Wildman–Crippen LogP) is 3.91. The maximum absolute atomic E-state index is 14.0. The van der Waals surface area contributed by atoms with E-state index in [9.17, 15) is 9.59 Å². The van der Waals surface area contributed by atoms with Crippen LogP contribution in [-0.4, -0.2) is 52.7 Å². The molecule has 0 radical (unpaired) electrons. The maximum Gasteiger partial charge on any atom is 0.258 e. The van der Waals surface area contributed by atoms with E-state index in [2.05, 4.69) is 28.6 Å². The summed E-state index contributed by atoms with van der Waals surface area (Å²) in [5, 5.41) is 7.86. The van der Waals surface area contributed by atoms with Gasteiger partial charge in [-0.15, -0.1) is 0 Å². The highest BCUT2D eigenvalue weighted by Gasteiger charge is 2.41. The number of para-hydroxylation sites is 1. The number of carbonyl (C=O) groups is 2. The molecule has 3 aromatic rings. The number of hydrogen-bond acceptors (Lipinski definition) is 4. The normalized spacial score (nSPS) is 20.7. The van der Waals surface area contributed by atoms with Gasteiger partial charge in [-0.3, -0.25) is 14.3 Å². The molecule has 6 rings (SSSR count). The van der Waals surface area contributed by atoms with Crippen molar-refractivity contribution in [3.8, 4) is 0 Å². The fourth-order valence-corrected chi connectivity index (χ4v) is 6.35. The molecule has 1 aromatic heterocycles. The Labute approximate surface area is 218 Å². The molecular weight excluding hydrogens is 462 g/mol. The highest BCUT2D eigenvalue weighted by Crippen LogP contribution is 2.53. The number of aryl methyl sites for hydroxylation is 3. The quantitative estimate of drug-likeness (QED) is 0.593. The Morgan fingerprint density at radius 2 is 1.84 bits per heavy atom. The molecule has 2 aliphatic heterocycles. The van der Waals surface area contributed by atoms with E-state index in [-0.39, 0.29) is 11.8 Å². The number of piperazine rings is 1. The molecule has 2 aromatic carbocycles. The fourth-order valence-electron chi connectivity index (χ4n) is 6.35. The summed E-state index contributed by atoms with van der Waals surface area (Å²) in [4.78, 5) is 30.5. The number of carbonyl (C=O) groups excluding carboxylic acids is 2. The molecule has 3 heterocycles. The molecule has 7 heteroatoms. The van der Waals surface area contributed by atoms with Crippen molar-refractivity contribution in [3.63, 3.8) is 0 Å². The number of anilines is 1. The van der Waals surface area contributed by atoms with E-state index >= 15 is 0 Å². The monoisotopic (exact) mass is 497 g/mol. The number of nitrogens with zero attached hydrogens (tertiary/aromatic N) is 4. The Kier molecular flexibility index (Phi) is 6.32. The second-order valence-electron chi connectivity index (χ2n) is 10.7. The predicted molar refractivity (Wildman–Crippen MR) is 144 cm³/mol. The summed E-state index contributed by atoms with van der Waals surface area (Å²) < 4.78 is 2.00. The zero-order valence-corrected chi connectivity index (χ0v) is 21.7. The van der Waals surface area contributed by atoms with Crippen LogP contribution in [0.5, 0.6) is 0 Å². The first-order chi connectivity index (χ1) is 18.0. The lowest BCUT2D eigenvalue weighted by Gasteiger charge is -2.42. The first-order valence-electron chi connectivity index (χ1n) is 13.5. The van der Waals surface area contributed by atoms with E-state index in [4.69, 9.17) is 0 Å². The Hall–Kier alpha value is -3.45. The lowest BCUT2D eigenvalue weighted by atomic mass is 9.66. The zero-order valence-electron chi connectivity index (χ0n) is 21.7. The minimum Gasteiger partial charge on any atom is -0.340 e.